The highest BCUT2D eigenvalue weighted by molar-refractivity contribution is 6.18. The molecule has 0 fully saturated rings. The van der Waals surface area contributed by atoms with Crippen molar-refractivity contribution < 1.29 is 8.85 Å². The maximum absolute atomic E-state index is 5.57. The zero-order chi connectivity index (χ0) is 10.4. The van der Waals surface area contributed by atoms with Crippen molar-refractivity contribution in [3.8, 4) is 0 Å². The fraction of sp³-hybridized carbons (Fsp3) is 0.455. The molecule has 0 N–H and O–H groups in total. The first kappa shape index (κ1) is 11.4. The van der Waals surface area contributed by atoms with E-state index in [1.165, 1.54) is 5.56 Å². The fourth-order valence-corrected chi connectivity index (χ4v) is 1.71. The molecule has 0 saturated heterocycles. The van der Waals surface area contributed by atoms with Crippen molar-refractivity contribution in [2.75, 3.05) is 0 Å². The highest BCUT2D eigenvalue weighted by Crippen LogP contribution is 2.06. The molecule has 0 radical (unpaired) electrons. The summed E-state index contributed by atoms with van der Waals surface area (Å²) < 4.78 is 11.1. The molecule has 0 saturated carbocycles. The SMILES string of the molecule is CC(C)(C)O[SiH2]OCc1ccccc1. The molecule has 0 heterocycles. The van der Waals surface area contributed by atoms with Crippen LogP contribution in [0, 0.1) is 0 Å². The normalized spacial score (nSPS) is 12.5. The molecule has 0 aromatic heterocycles. The summed E-state index contributed by atoms with van der Waals surface area (Å²) >= 11 is 0. The number of hydrogen-bond donors (Lipinski definition) is 0. The Balaban J connectivity index is 2.17. The minimum absolute atomic E-state index is 0.0666. The Hall–Kier alpha value is -0.643. The highest BCUT2D eigenvalue weighted by Gasteiger charge is 2.09. The summed E-state index contributed by atoms with van der Waals surface area (Å²) in [7, 11) is -0.837. The molecule has 3 heteroatoms. The molecule has 0 amide bonds. The predicted octanol–water partition coefficient (Wildman–Crippen LogP) is 2.02. The summed E-state index contributed by atoms with van der Waals surface area (Å²) in [4.78, 5) is 0. The molecule has 0 aliphatic heterocycles. The maximum Gasteiger partial charge on any atom is 0.305 e. The Kier molecular flexibility index (Phi) is 4.32. The van der Waals surface area contributed by atoms with Crippen LogP contribution in [0.2, 0.25) is 0 Å². The lowest BCUT2D eigenvalue weighted by Gasteiger charge is -2.19. The van der Waals surface area contributed by atoms with Crippen LogP contribution in [0.1, 0.15) is 26.3 Å². The minimum Gasteiger partial charge on any atom is -0.394 e. The second-order valence-electron chi connectivity index (χ2n) is 4.21. The molecule has 0 spiro atoms. The third-order valence-electron chi connectivity index (χ3n) is 1.69. The van der Waals surface area contributed by atoms with Crippen molar-refractivity contribution >= 4 is 10.0 Å². The standard InChI is InChI=1S/C11H18O2Si/c1-11(2,3)13-14-12-9-10-7-5-4-6-8-10/h4-8H,9,14H2,1-3H3. The van der Waals surface area contributed by atoms with Crippen molar-refractivity contribution in [2.24, 2.45) is 0 Å². The quantitative estimate of drug-likeness (QED) is 0.559. The molecule has 1 rings (SSSR count). The summed E-state index contributed by atoms with van der Waals surface area (Å²) in [6, 6.07) is 10.2. The zero-order valence-corrected chi connectivity index (χ0v) is 10.5. The van der Waals surface area contributed by atoms with Crippen molar-refractivity contribution in [1.29, 1.82) is 0 Å². The smallest absolute Gasteiger partial charge is 0.305 e. The van der Waals surface area contributed by atoms with Gasteiger partial charge in [0, 0.05) is 5.60 Å². The van der Waals surface area contributed by atoms with Gasteiger partial charge in [0.05, 0.1) is 6.61 Å². The molecular formula is C11H18O2Si. The maximum atomic E-state index is 5.57. The van der Waals surface area contributed by atoms with Gasteiger partial charge >= 0.3 is 10.0 Å². The lowest BCUT2D eigenvalue weighted by Crippen LogP contribution is -2.23. The van der Waals surface area contributed by atoms with Crippen molar-refractivity contribution in [3.63, 3.8) is 0 Å². The number of hydrogen-bond acceptors (Lipinski definition) is 2. The fourth-order valence-electron chi connectivity index (χ4n) is 0.952. The summed E-state index contributed by atoms with van der Waals surface area (Å²) in [6.45, 7) is 6.81. The molecule has 1 aromatic carbocycles. The summed E-state index contributed by atoms with van der Waals surface area (Å²) in [6.07, 6.45) is 0. The predicted molar refractivity (Wildman–Crippen MR) is 60.6 cm³/mol. The molecule has 14 heavy (non-hydrogen) atoms. The van der Waals surface area contributed by atoms with Crippen LogP contribution in [0.15, 0.2) is 30.3 Å². The van der Waals surface area contributed by atoms with Crippen LogP contribution in [0.3, 0.4) is 0 Å². The van der Waals surface area contributed by atoms with Crippen LogP contribution in [0.5, 0.6) is 0 Å². The Morgan fingerprint density at radius 2 is 1.79 bits per heavy atom. The average molecular weight is 210 g/mol. The first-order chi connectivity index (χ1) is 6.58. The molecule has 0 aliphatic carbocycles. The van der Waals surface area contributed by atoms with E-state index in [1.54, 1.807) is 0 Å². The Labute approximate surface area is 88.3 Å². The van der Waals surface area contributed by atoms with Crippen LogP contribution < -0.4 is 0 Å². The second kappa shape index (κ2) is 5.29. The molecule has 78 valence electrons. The lowest BCUT2D eigenvalue weighted by molar-refractivity contribution is 0.0957. The van der Waals surface area contributed by atoms with Crippen molar-refractivity contribution in [1.82, 2.24) is 0 Å². The van der Waals surface area contributed by atoms with Gasteiger partial charge in [-0.1, -0.05) is 30.3 Å². The van der Waals surface area contributed by atoms with E-state index in [0.29, 0.717) is 6.61 Å². The molecule has 0 atom stereocenters. The van der Waals surface area contributed by atoms with E-state index in [1.807, 2.05) is 39.0 Å². The van der Waals surface area contributed by atoms with E-state index in [4.69, 9.17) is 8.85 Å². The van der Waals surface area contributed by atoms with E-state index in [9.17, 15) is 0 Å². The highest BCUT2D eigenvalue weighted by atomic mass is 28.3. The van der Waals surface area contributed by atoms with E-state index in [0.717, 1.165) is 0 Å². The second-order valence-corrected chi connectivity index (χ2v) is 5.14. The summed E-state index contributed by atoms with van der Waals surface area (Å²) in [5, 5.41) is 0. The largest absolute Gasteiger partial charge is 0.394 e. The molecule has 1 aromatic rings. The van der Waals surface area contributed by atoms with Crippen LogP contribution in [-0.4, -0.2) is 15.6 Å². The Morgan fingerprint density at radius 3 is 2.36 bits per heavy atom. The van der Waals surface area contributed by atoms with E-state index >= 15 is 0 Å². The minimum atomic E-state index is -0.837. The first-order valence-corrected chi connectivity index (χ1v) is 5.99. The van der Waals surface area contributed by atoms with Crippen LogP contribution in [0.25, 0.3) is 0 Å². The van der Waals surface area contributed by atoms with Gasteiger partial charge < -0.3 is 8.85 Å². The van der Waals surface area contributed by atoms with Crippen LogP contribution in [0.4, 0.5) is 0 Å². The topological polar surface area (TPSA) is 18.5 Å². The van der Waals surface area contributed by atoms with Gasteiger partial charge in [-0.2, -0.15) is 0 Å². The molecular weight excluding hydrogens is 192 g/mol. The monoisotopic (exact) mass is 210 g/mol. The Bertz CT molecular complexity index is 254. The zero-order valence-electron chi connectivity index (χ0n) is 9.12. The van der Waals surface area contributed by atoms with Gasteiger partial charge in [0.25, 0.3) is 0 Å². The third-order valence-corrected chi connectivity index (χ3v) is 3.04. The van der Waals surface area contributed by atoms with Crippen molar-refractivity contribution in [3.05, 3.63) is 35.9 Å². The van der Waals surface area contributed by atoms with E-state index in [-0.39, 0.29) is 5.60 Å². The Morgan fingerprint density at radius 1 is 1.14 bits per heavy atom. The van der Waals surface area contributed by atoms with Gasteiger partial charge in [-0.25, -0.2) is 0 Å². The summed E-state index contributed by atoms with van der Waals surface area (Å²) in [5.41, 5.74) is 1.14. The van der Waals surface area contributed by atoms with Gasteiger partial charge in [-0.05, 0) is 26.3 Å². The average Bonchev–Trinajstić information content (AvgIpc) is 2.13. The van der Waals surface area contributed by atoms with E-state index in [2.05, 4.69) is 12.1 Å². The molecule has 0 bridgehead atoms. The third kappa shape index (κ3) is 5.17. The first-order valence-electron chi connectivity index (χ1n) is 4.83. The van der Waals surface area contributed by atoms with Gasteiger partial charge in [0.2, 0.25) is 0 Å². The van der Waals surface area contributed by atoms with Crippen LogP contribution >= 0.6 is 0 Å². The van der Waals surface area contributed by atoms with Gasteiger partial charge in [0.15, 0.2) is 0 Å². The summed E-state index contributed by atoms with van der Waals surface area (Å²) in [5.74, 6) is 0. The molecule has 2 nitrogen and oxygen atoms in total. The van der Waals surface area contributed by atoms with Crippen LogP contribution in [-0.2, 0) is 15.5 Å². The van der Waals surface area contributed by atoms with Gasteiger partial charge in [-0.15, -0.1) is 0 Å². The number of benzene rings is 1. The van der Waals surface area contributed by atoms with Crippen molar-refractivity contribution in [2.45, 2.75) is 33.0 Å². The van der Waals surface area contributed by atoms with Gasteiger partial charge in [0.1, 0.15) is 0 Å². The van der Waals surface area contributed by atoms with E-state index < -0.39 is 10.0 Å². The van der Waals surface area contributed by atoms with Gasteiger partial charge in [-0.3, -0.25) is 0 Å². The molecule has 0 unspecified atom stereocenters. The lowest BCUT2D eigenvalue weighted by atomic mass is 10.2. The number of rotatable bonds is 4. The molecule has 0 aliphatic rings.